The van der Waals surface area contributed by atoms with Gasteiger partial charge in [-0.25, -0.2) is 0 Å². The summed E-state index contributed by atoms with van der Waals surface area (Å²) in [6.45, 7) is 6.54. The molecule has 0 spiro atoms. The summed E-state index contributed by atoms with van der Waals surface area (Å²) in [6, 6.07) is 9.31. The molecule has 3 heteroatoms. The molecule has 0 aromatic heterocycles. The Hall–Kier alpha value is -1.35. The first-order valence-electron chi connectivity index (χ1n) is 7.64. The lowest BCUT2D eigenvalue weighted by atomic mass is 10.0. The molecule has 1 aliphatic rings. The van der Waals surface area contributed by atoms with Gasteiger partial charge >= 0.3 is 5.97 Å². The van der Waals surface area contributed by atoms with Crippen molar-refractivity contribution < 1.29 is 9.90 Å². The molecule has 2 unspecified atom stereocenters. The van der Waals surface area contributed by atoms with Crippen LogP contribution in [-0.4, -0.2) is 29.1 Å². The summed E-state index contributed by atoms with van der Waals surface area (Å²) in [4.78, 5) is 13.1. The number of carbonyl (C=O) groups is 1. The van der Waals surface area contributed by atoms with Crippen molar-refractivity contribution in [2.45, 2.75) is 45.6 Å². The Labute approximate surface area is 121 Å². The van der Waals surface area contributed by atoms with E-state index in [0.717, 1.165) is 32.4 Å². The van der Waals surface area contributed by atoms with Crippen LogP contribution in [-0.2, 0) is 11.2 Å². The molecule has 20 heavy (non-hydrogen) atoms. The minimum atomic E-state index is -0.674. The second-order valence-corrected chi connectivity index (χ2v) is 5.85. The van der Waals surface area contributed by atoms with E-state index >= 15 is 0 Å². The Morgan fingerprint density at radius 2 is 2.10 bits per heavy atom. The zero-order valence-corrected chi connectivity index (χ0v) is 12.5. The van der Waals surface area contributed by atoms with E-state index in [2.05, 4.69) is 43.0 Å². The third-order valence-electron chi connectivity index (χ3n) is 4.50. The smallest absolute Gasteiger partial charge is 0.303 e. The number of carboxylic acids is 1. The van der Waals surface area contributed by atoms with Crippen molar-refractivity contribution in [1.82, 2.24) is 4.90 Å². The van der Waals surface area contributed by atoms with Gasteiger partial charge in [0.25, 0.3) is 0 Å². The van der Waals surface area contributed by atoms with Gasteiger partial charge < -0.3 is 5.11 Å². The lowest BCUT2D eigenvalue weighted by Gasteiger charge is -2.25. The van der Waals surface area contributed by atoms with Gasteiger partial charge in [-0.2, -0.15) is 0 Å². The maximum atomic E-state index is 10.6. The molecule has 2 rings (SSSR count). The largest absolute Gasteiger partial charge is 0.481 e. The van der Waals surface area contributed by atoms with Crippen molar-refractivity contribution in [1.29, 1.82) is 0 Å². The van der Waals surface area contributed by atoms with Crippen LogP contribution < -0.4 is 0 Å². The maximum absolute atomic E-state index is 10.6. The lowest BCUT2D eigenvalue weighted by molar-refractivity contribution is -0.137. The highest BCUT2D eigenvalue weighted by atomic mass is 16.4. The molecule has 2 atom stereocenters. The van der Waals surface area contributed by atoms with Crippen LogP contribution in [0.2, 0.25) is 0 Å². The molecule has 1 aromatic carbocycles. The molecule has 0 aliphatic carbocycles. The summed E-state index contributed by atoms with van der Waals surface area (Å²) in [5, 5.41) is 8.76. The van der Waals surface area contributed by atoms with Gasteiger partial charge in [0.2, 0.25) is 0 Å². The van der Waals surface area contributed by atoms with Gasteiger partial charge in [-0.05, 0) is 49.8 Å². The molecule has 0 amide bonds. The first-order valence-corrected chi connectivity index (χ1v) is 7.64. The molecule has 1 aliphatic heterocycles. The van der Waals surface area contributed by atoms with Crippen LogP contribution in [0.15, 0.2) is 24.3 Å². The van der Waals surface area contributed by atoms with Gasteiger partial charge in [0.05, 0.1) is 0 Å². The predicted molar refractivity (Wildman–Crippen MR) is 80.8 cm³/mol. The van der Waals surface area contributed by atoms with Crippen LogP contribution in [0.4, 0.5) is 0 Å². The summed E-state index contributed by atoms with van der Waals surface area (Å²) in [7, 11) is 0. The van der Waals surface area contributed by atoms with Crippen molar-refractivity contribution in [2.24, 2.45) is 5.92 Å². The molecule has 3 nitrogen and oxygen atoms in total. The molecular formula is C17H25NO2. The summed E-state index contributed by atoms with van der Waals surface area (Å²) >= 11 is 0. The first kappa shape index (κ1) is 15.0. The van der Waals surface area contributed by atoms with Crippen LogP contribution in [0.1, 0.15) is 50.3 Å². The molecule has 1 fully saturated rings. The van der Waals surface area contributed by atoms with Gasteiger partial charge in [0, 0.05) is 19.0 Å². The van der Waals surface area contributed by atoms with Gasteiger partial charge in [-0.1, -0.05) is 31.2 Å². The summed E-state index contributed by atoms with van der Waals surface area (Å²) < 4.78 is 0. The van der Waals surface area contributed by atoms with Crippen LogP contribution in [0, 0.1) is 5.92 Å². The van der Waals surface area contributed by atoms with E-state index in [4.69, 9.17) is 5.11 Å². The molecular weight excluding hydrogens is 250 g/mol. The predicted octanol–water partition coefficient (Wildman–Crippen LogP) is 3.50. The van der Waals surface area contributed by atoms with Crippen molar-refractivity contribution in [3.05, 3.63) is 35.4 Å². The Morgan fingerprint density at radius 1 is 1.40 bits per heavy atom. The van der Waals surface area contributed by atoms with Crippen LogP contribution in [0.3, 0.4) is 0 Å². The minimum absolute atomic E-state index is 0.304. The van der Waals surface area contributed by atoms with E-state index < -0.39 is 5.97 Å². The van der Waals surface area contributed by atoms with E-state index in [0.29, 0.717) is 18.4 Å². The number of nitrogens with zero attached hydrogens (tertiary/aromatic N) is 1. The number of hydrogen-bond donors (Lipinski definition) is 1. The van der Waals surface area contributed by atoms with Crippen LogP contribution in [0.25, 0.3) is 0 Å². The maximum Gasteiger partial charge on any atom is 0.303 e. The highest BCUT2D eigenvalue weighted by molar-refractivity contribution is 5.66. The van der Waals surface area contributed by atoms with Gasteiger partial charge in [0.1, 0.15) is 0 Å². The average Bonchev–Trinajstić information content (AvgIpc) is 2.93. The van der Waals surface area contributed by atoms with E-state index in [1.807, 2.05) is 0 Å². The SMILES string of the molecule is CCc1ccc(C(C)N2CCC(CCC(=O)O)C2)cc1. The Bertz CT molecular complexity index is 441. The van der Waals surface area contributed by atoms with E-state index in [1.165, 1.54) is 11.1 Å². The van der Waals surface area contributed by atoms with Crippen molar-refractivity contribution in [3.63, 3.8) is 0 Å². The number of carboxylic acid groups (broad SMARTS) is 1. The molecule has 1 heterocycles. The fourth-order valence-corrected chi connectivity index (χ4v) is 3.02. The van der Waals surface area contributed by atoms with E-state index in [1.54, 1.807) is 0 Å². The molecule has 0 radical (unpaired) electrons. The summed E-state index contributed by atoms with van der Waals surface area (Å²) in [5.74, 6) is -0.130. The number of benzene rings is 1. The fourth-order valence-electron chi connectivity index (χ4n) is 3.02. The Balaban J connectivity index is 1.89. The van der Waals surface area contributed by atoms with Crippen molar-refractivity contribution in [2.75, 3.05) is 13.1 Å². The first-order chi connectivity index (χ1) is 9.60. The van der Waals surface area contributed by atoms with Gasteiger partial charge in [0.15, 0.2) is 0 Å². The standard InChI is InChI=1S/C17H25NO2/c1-3-14-4-7-16(8-5-14)13(2)18-11-10-15(12-18)6-9-17(19)20/h4-5,7-8,13,15H,3,6,9-12H2,1-2H3,(H,19,20). The minimum Gasteiger partial charge on any atom is -0.481 e. The highest BCUT2D eigenvalue weighted by Gasteiger charge is 2.26. The molecule has 110 valence electrons. The van der Waals surface area contributed by atoms with Crippen molar-refractivity contribution >= 4 is 5.97 Å². The second kappa shape index (κ2) is 6.89. The Kier molecular flexibility index (Phi) is 5.18. The highest BCUT2D eigenvalue weighted by Crippen LogP contribution is 2.29. The fraction of sp³-hybridized carbons (Fsp3) is 0.588. The lowest BCUT2D eigenvalue weighted by Crippen LogP contribution is -2.24. The number of aryl methyl sites for hydroxylation is 1. The molecule has 0 bridgehead atoms. The zero-order valence-electron chi connectivity index (χ0n) is 12.5. The summed E-state index contributed by atoms with van der Waals surface area (Å²) in [6.07, 6.45) is 3.33. The molecule has 1 aromatic rings. The van der Waals surface area contributed by atoms with Crippen LogP contribution >= 0.6 is 0 Å². The summed E-state index contributed by atoms with van der Waals surface area (Å²) in [5.41, 5.74) is 2.74. The molecule has 1 N–H and O–H groups in total. The van der Waals surface area contributed by atoms with Crippen LogP contribution in [0.5, 0.6) is 0 Å². The number of hydrogen-bond acceptors (Lipinski definition) is 2. The van der Waals surface area contributed by atoms with E-state index in [9.17, 15) is 4.79 Å². The second-order valence-electron chi connectivity index (χ2n) is 5.85. The van der Waals surface area contributed by atoms with Gasteiger partial charge in [-0.15, -0.1) is 0 Å². The van der Waals surface area contributed by atoms with Crippen molar-refractivity contribution in [3.8, 4) is 0 Å². The molecule has 1 saturated heterocycles. The quantitative estimate of drug-likeness (QED) is 0.864. The topological polar surface area (TPSA) is 40.5 Å². The third kappa shape index (κ3) is 3.83. The Morgan fingerprint density at radius 3 is 2.70 bits per heavy atom. The molecule has 0 saturated carbocycles. The zero-order chi connectivity index (χ0) is 14.5. The number of rotatable bonds is 6. The van der Waals surface area contributed by atoms with Gasteiger partial charge in [-0.3, -0.25) is 9.69 Å². The normalized spacial score (nSPS) is 21.0. The monoisotopic (exact) mass is 275 g/mol. The van der Waals surface area contributed by atoms with E-state index in [-0.39, 0.29) is 0 Å². The average molecular weight is 275 g/mol. The number of likely N-dealkylation sites (tertiary alicyclic amines) is 1. The number of aliphatic carboxylic acids is 1. The third-order valence-corrected chi connectivity index (χ3v) is 4.50.